The van der Waals surface area contributed by atoms with Crippen molar-refractivity contribution in [1.82, 2.24) is 5.32 Å². The maximum absolute atomic E-state index is 5.74. The third-order valence-corrected chi connectivity index (χ3v) is 4.02. The lowest BCUT2D eigenvalue weighted by Crippen LogP contribution is -2.20. The lowest BCUT2D eigenvalue weighted by Gasteiger charge is -2.26. The molecule has 2 heteroatoms. The Morgan fingerprint density at radius 2 is 2.19 bits per heavy atom. The first-order valence-corrected chi connectivity index (χ1v) is 8.25. The molecule has 1 unspecified atom stereocenters. The van der Waals surface area contributed by atoms with E-state index in [2.05, 4.69) is 56.4 Å². The van der Waals surface area contributed by atoms with Gasteiger partial charge in [0.1, 0.15) is 5.75 Å². The summed E-state index contributed by atoms with van der Waals surface area (Å²) in [6.07, 6.45) is 5.81. The van der Waals surface area contributed by atoms with E-state index in [1.165, 1.54) is 11.1 Å². The molecule has 21 heavy (non-hydrogen) atoms. The Kier molecular flexibility index (Phi) is 6.31. The molecule has 2 rings (SSSR count). The van der Waals surface area contributed by atoms with Crippen LogP contribution in [0.3, 0.4) is 0 Å². The molecule has 1 heterocycles. The van der Waals surface area contributed by atoms with Gasteiger partial charge in [-0.05, 0) is 62.7 Å². The quantitative estimate of drug-likeness (QED) is 0.588. The van der Waals surface area contributed by atoms with E-state index >= 15 is 0 Å². The molecule has 116 valence electrons. The zero-order chi connectivity index (χ0) is 15.1. The summed E-state index contributed by atoms with van der Waals surface area (Å²) < 4.78 is 5.74. The zero-order valence-corrected chi connectivity index (χ0v) is 13.7. The molecule has 1 atom stereocenters. The van der Waals surface area contributed by atoms with Crippen LogP contribution in [-0.2, 0) is 0 Å². The molecule has 1 aromatic rings. The van der Waals surface area contributed by atoms with Crippen molar-refractivity contribution in [3.05, 3.63) is 41.5 Å². The van der Waals surface area contributed by atoms with E-state index in [0.29, 0.717) is 5.92 Å². The van der Waals surface area contributed by atoms with Crippen LogP contribution in [0.1, 0.15) is 51.5 Å². The molecule has 0 fully saturated rings. The minimum atomic E-state index is 0.620. The van der Waals surface area contributed by atoms with Gasteiger partial charge in [0.2, 0.25) is 0 Å². The Labute approximate surface area is 129 Å². The van der Waals surface area contributed by atoms with Gasteiger partial charge >= 0.3 is 0 Å². The number of allylic oxidation sites excluding steroid dienone is 1. The maximum atomic E-state index is 5.74. The van der Waals surface area contributed by atoms with Crippen LogP contribution < -0.4 is 10.1 Å². The Hall–Kier alpha value is -1.28. The number of hydrogen-bond donors (Lipinski definition) is 1. The molecule has 1 N–H and O–H groups in total. The molecular weight excluding hydrogens is 258 g/mol. The largest absolute Gasteiger partial charge is 0.493 e. The summed E-state index contributed by atoms with van der Waals surface area (Å²) in [4.78, 5) is 0. The van der Waals surface area contributed by atoms with Gasteiger partial charge < -0.3 is 10.1 Å². The molecule has 0 bridgehead atoms. The molecule has 0 aliphatic carbocycles. The van der Waals surface area contributed by atoms with Crippen molar-refractivity contribution >= 4 is 0 Å². The maximum Gasteiger partial charge on any atom is 0.122 e. The Bertz CT molecular complexity index is 464. The second-order valence-electron chi connectivity index (χ2n) is 6.51. The number of ether oxygens (including phenoxy) is 1. The summed E-state index contributed by atoms with van der Waals surface area (Å²) in [6.45, 7) is 9.80. The van der Waals surface area contributed by atoms with Crippen molar-refractivity contribution < 1.29 is 4.74 Å². The van der Waals surface area contributed by atoms with Crippen molar-refractivity contribution in [2.45, 2.75) is 46.0 Å². The smallest absolute Gasteiger partial charge is 0.122 e. The van der Waals surface area contributed by atoms with Gasteiger partial charge in [-0.25, -0.2) is 0 Å². The lowest BCUT2D eigenvalue weighted by atomic mass is 9.87. The summed E-state index contributed by atoms with van der Waals surface area (Å²) in [6, 6.07) is 8.49. The van der Waals surface area contributed by atoms with Crippen LogP contribution in [0.15, 0.2) is 35.9 Å². The molecule has 0 aromatic heterocycles. The van der Waals surface area contributed by atoms with Crippen LogP contribution in [0, 0.1) is 5.92 Å². The highest BCUT2D eigenvalue weighted by atomic mass is 16.5. The molecular formula is C19H29NO. The molecule has 0 amide bonds. The Morgan fingerprint density at radius 3 is 3.00 bits per heavy atom. The topological polar surface area (TPSA) is 21.3 Å². The normalized spacial score (nSPS) is 18.5. The zero-order valence-electron chi connectivity index (χ0n) is 13.7. The molecule has 1 aliphatic heterocycles. The second kappa shape index (κ2) is 8.23. The first-order chi connectivity index (χ1) is 10.2. The van der Waals surface area contributed by atoms with E-state index in [0.717, 1.165) is 50.6 Å². The van der Waals surface area contributed by atoms with Gasteiger partial charge in [0.25, 0.3) is 0 Å². The van der Waals surface area contributed by atoms with Crippen molar-refractivity contribution in [3.63, 3.8) is 0 Å². The van der Waals surface area contributed by atoms with Crippen LogP contribution >= 0.6 is 0 Å². The number of benzene rings is 1. The molecule has 0 saturated carbocycles. The predicted molar refractivity (Wildman–Crippen MR) is 90.0 cm³/mol. The van der Waals surface area contributed by atoms with Crippen LogP contribution in [0.4, 0.5) is 0 Å². The van der Waals surface area contributed by atoms with Crippen molar-refractivity contribution in [1.29, 1.82) is 0 Å². The molecule has 0 radical (unpaired) electrons. The monoisotopic (exact) mass is 287 g/mol. The van der Waals surface area contributed by atoms with E-state index in [9.17, 15) is 0 Å². The van der Waals surface area contributed by atoms with Crippen molar-refractivity contribution in [2.75, 3.05) is 19.7 Å². The Morgan fingerprint density at radius 1 is 1.38 bits per heavy atom. The third kappa shape index (κ3) is 5.20. The predicted octanol–water partition coefficient (Wildman–Crippen LogP) is 4.52. The molecule has 0 saturated heterocycles. The summed E-state index contributed by atoms with van der Waals surface area (Å²) in [5.74, 6) is 2.43. The Balaban J connectivity index is 1.82. The van der Waals surface area contributed by atoms with Crippen LogP contribution in [0.25, 0.3) is 0 Å². The summed E-state index contributed by atoms with van der Waals surface area (Å²) >= 11 is 0. The average Bonchev–Trinajstić information content (AvgIpc) is 2.47. The fourth-order valence-corrected chi connectivity index (χ4v) is 2.91. The lowest BCUT2D eigenvalue weighted by molar-refractivity contribution is 0.266. The van der Waals surface area contributed by atoms with Crippen molar-refractivity contribution in [2.24, 2.45) is 5.92 Å². The number of fused-ring (bicyclic) bond motifs is 1. The van der Waals surface area contributed by atoms with Crippen LogP contribution in [0.5, 0.6) is 5.75 Å². The first-order valence-electron chi connectivity index (χ1n) is 8.25. The number of nitrogens with one attached hydrogen (secondary N) is 1. The van der Waals surface area contributed by atoms with E-state index in [4.69, 9.17) is 4.74 Å². The van der Waals surface area contributed by atoms with Gasteiger partial charge in [0, 0.05) is 0 Å². The number of rotatable bonds is 7. The molecule has 1 aliphatic rings. The van der Waals surface area contributed by atoms with Gasteiger partial charge in [-0.2, -0.15) is 0 Å². The van der Waals surface area contributed by atoms with Gasteiger partial charge in [-0.15, -0.1) is 0 Å². The first kappa shape index (κ1) is 16.1. The third-order valence-electron chi connectivity index (χ3n) is 4.02. The molecule has 0 spiro atoms. The minimum absolute atomic E-state index is 0.620. The standard InChI is InChI=1S/C19H29NO/c1-15(2)14-20-11-6-7-16(3)13-17-10-12-21-19-9-5-4-8-18(17)19/h4-5,7-9,15,17,20H,6,10-14H2,1-3H3/b16-7-. The highest BCUT2D eigenvalue weighted by Gasteiger charge is 2.20. The number of para-hydroxylation sites is 1. The summed E-state index contributed by atoms with van der Waals surface area (Å²) in [5.41, 5.74) is 2.89. The summed E-state index contributed by atoms with van der Waals surface area (Å²) in [5, 5.41) is 3.49. The molecule has 2 nitrogen and oxygen atoms in total. The van der Waals surface area contributed by atoms with Gasteiger partial charge in [-0.1, -0.05) is 43.7 Å². The second-order valence-corrected chi connectivity index (χ2v) is 6.51. The van der Waals surface area contributed by atoms with E-state index in [-0.39, 0.29) is 0 Å². The van der Waals surface area contributed by atoms with E-state index in [1.54, 1.807) is 0 Å². The fraction of sp³-hybridized carbons (Fsp3) is 0.579. The molecule has 1 aromatic carbocycles. The van der Waals surface area contributed by atoms with Gasteiger partial charge in [-0.3, -0.25) is 0 Å². The summed E-state index contributed by atoms with van der Waals surface area (Å²) in [7, 11) is 0. The van der Waals surface area contributed by atoms with Crippen LogP contribution in [0.2, 0.25) is 0 Å². The fourth-order valence-electron chi connectivity index (χ4n) is 2.91. The minimum Gasteiger partial charge on any atom is -0.493 e. The van der Waals surface area contributed by atoms with E-state index < -0.39 is 0 Å². The van der Waals surface area contributed by atoms with E-state index in [1.807, 2.05) is 0 Å². The SMILES string of the molecule is C/C(=C/CCNCC(C)C)CC1CCOc2ccccc21. The van der Waals surface area contributed by atoms with Gasteiger partial charge in [0.15, 0.2) is 0 Å². The number of hydrogen-bond acceptors (Lipinski definition) is 2. The highest BCUT2D eigenvalue weighted by molar-refractivity contribution is 5.38. The van der Waals surface area contributed by atoms with Crippen molar-refractivity contribution in [3.8, 4) is 5.75 Å². The van der Waals surface area contributed by atoms with Crippen LogP contribution in [-0.4, -0.2) is 19.7 Å². The van der Waals surface area contributed by atoms with Gasteiger partial charge in [0.05, 0.1) is 6.61 Å². The highest BCUT2D eigenvalue weighted by Crippen LogP contribution is 2.37. The average molecular weight is 287 g/mol.